The highest BCUT2D eigenvalue weighted by molar-refractivity contribution is 5.85. The molecule has 2 heterocycles. The first-order chi connectivity index (χ1) is 17.5. The molecule has 4 saturated carbocycles. The summed E-state index contributed by atoms with van der Waals surface area (Å²) in [5.74, 6) is 1.14. The van der Waals surface area contributed by atoms with E-state index in [9.17, 15) is 25.2 Å². The van der Waals surface area contributed by atoms with Gasteiger partial charge in [0.15, 0.2) is 6.29 Å². The molecule has 208 valence electrons. The normalized spacial score (nSPS) is 55.6. The number of aliphatic hydroxyl groups is 4. The predicted molar refractivity (Wildman–Crippen MR) is 133 cm³/mol. The highest BCUT2D eigenvalue weighted by Gasteiger charge is 2.67. The molecule has 4 aliphatic carbocycles. The molecule has 0 unspecified atom stereocenters. The van der Waals surface area contributed by atoms with Crippen LogP contribution in [0.15, 0.2) is 11.6 Å². The molecule has 13 atom stereocenters. The van der Waals surface area contributed by atoms with Gasteiger partial charge in [0.1, 0.15) is 24.9 Å². The molecule has 1 saturated heterocycles. The van der Waals surface area contributed by atoms with Crippen molar-refractivity contribution in [1.82, 2.24) is 0 Å². The predicted octanol–water partition coefficient (Wildman–Crippen LogP) is 2.46. The molecular formula is C29H44O8. The molecule has 0 aromatic heterocycles. The van der Waals surface area contributed by atoms with Gasteiger partial charge in [0.2, 0.25) is 0 Å². The van der Waals surface area contributed by atoms with Gasteiger partial charge in [-0.3, -0.25) is 0 Å². The second-order valence-electron chi connectivity index (χ2n) is 13.5. The van der Waals surface area contributed by atoms with E-state index in [4.69, 9.17) is 14.2 Å². The van der Waals surface area contributed by atoms with E-state index in [1.165, 1.54) is 0 Å². The number of rotatable bonds is 3. The largest absolute Gasteiger partial charge is 0.458 e. The Morgan fingerprint density at radius 1 is 0.946 bits per heavy atom. The summed E-state index contributed by atoms with van der Waals surface area (Å²) in [6.07, 6.45) is 4.88. The van der Waals surface area contributed by atoms with Crippen LogP contribution in [0.1, 0.15) is 78.6 Å². The van der Waals surface area contributed by atoms with Crippen LogP contribution in [-0.4, -0.2) is 75.4 Å². The van der Waals surface area contributed by atoms with Gasteiger partial charge in [0.05, 0.1) is 17.8 Å². The van der Waals surface area contributed by atoms with Crippen molar-refractivity contribution in [2.75, 3.05) is 6.61 Å². The van der Waals surface area contributed by atoms with Crippen LogP contribution in [0.2, 0.25) is 0 Å². The third-order valence-electron chi connectivity index (χ3n) is 12.1. The van der Waals surface area contributed by atoms with Gasteiger partial charge in [-0.05, 0) is 99.4 Å². The Hall–Kier alpha value is -1.03. The first-order valence-corrected chi connectivity index (χ1v) is 14.4. The van der Waals surface area contributed by atoms with Gasteiger partial charge in [-0.2, -0.15) is 0 Å². The van der Waals surface area contributed by atoms with Gasteiger partial charge in [0, 0.05) is 11.5 Å². The second-order valence-corrected chi connectivity index (χ2v) is 13.5. The molecule has 4 N–H and O–H groups in total. The van der Waals surface area contributed by atoms with Crippen LogP contribution in [0, 0.1) is 34.5 Å². The molecule has 0 spiro atoms. The smallest absolute Gasteiger partial charge is 0.331 e. The standard InChI is InChI=1S/C29H44O8/c1-15-23(31)24(32)25(33)26(36-15)37-18-6-9-27(2)17(13-18)4-5-21-20(27)7-10-28(3)19(8-11-29(21,28)34)16-12-22(30)35-14-16/h12,15,17-21,23-26,31-34H,4-11,13-14H2,1-3H3/t15-,17-,18+,19-,20+,21-,23+,24+,25-,26-,27+,28-,29+/m1/s1. The zero-order valence-corrected chi connectivity index (χ0v) is 22.3. The fourth-order valence-corrected chi connectivity index (χ4v) is 9.81. The lowest BCUT2D eigenvalue weighted by atomic mass is 9.43. The second kappa shape index (κ2) is 9.00. The fourth-order valence-electron chi connectivity index (χ4n) is 9.81. The van der Waals surface area contributed by atoms with Crippen LogP contribution < -0.4 is 0 Å². The van der Waals surface area contributed by atoms with Crippen LogP contribution >= 0.6 is 0 Å². The summed E-state index contributed by atoms with van der Waals surface area (Å²) in [4.78, 5) is 11.8. The molecular weight excluding hydrogens is 476 g/mol. The Balaban J connectivity index is 1.16. The van der Waals surface area contributed by atoms with E-state index in [2.05, 4.69) is 13.8 Å². The zero-order chi connectivity index (χ0) is 26.3. The fraction of sp³-hybridized carbons (Fsp3) is 0.897. The zero-order valence-electron chi connectivity index (χ0n) is 22.3. The summed E-state index contributed by atoms with van der Waals surface area (Å²) in [5, 5.41) is 43.0. The van der Waals surface area contributed by atoms with Crippen molar-refractivity contribution < 1.29 is 39.4 Å². The summed E-state index contributed by atoms with van der Waals surface area (Å²) >= 11 is 0. The summed E-state index contributed by atoms with van der Waals surface area (Å²) in [7, 11) is 0. The third kappa shape index (κ3) is 3.80. The Morgan fingerprint density at radius 2 is 1.73 bits per heavy atom. The highest BCUT2D eigenvalue weighted by Crippen LogP contribution is 2.70. The van der Waals surface area contributed by atoms with Gasteiger partial charge in [-0.1, -0.05) is 13.8 Å². The lowest BCUT2D eigenvalue weighted by Gasteiger charge is -2.64. The average molecular weight is 521 g/mol. The van der Waals surface area contributed by atoms with Crippen molar-refractivity contribution in [3.05, 3.63) is 11.6 Å². The summed E-state index contributed by atoms with van der Waals surface area (Å²) < 4.78 is 17.2. The maximum Gasteiger partial charge on any atom is 0.331 e. The van der Waals surface area contributed by atoms with Crippen molar-refractivity contribution in [1.29, 1.82) is 0 Å². The van der Waals surface area contributed by atoms with Gasteiger partial charge in [0.25, 0.3) is 0 Å². The van der Waals surface area contributed by atoms with E-state index in [0.717, 1.165) is 63.4 Å². The van der Waals surface area contributed by atoms with Gasteiger partial charge < -0.3 is 34.6 Å². The maximum atomic E-state index is 12.4. The molecule has 0 aromatic carbocycles. The summed E-state index contributed by atoms with van der Waals surface area (Å²) in [6.45, 7) is 6.73. The molecule has 0 bridgehead atoms. The Morgan fingerprint density at radius 3 is 2.46 bits per heavy atom. The van der Waals surface area contributed by atoms with Crippen molar-refractivity contribution >= 4 is 5.97 Å². The van der Waals surface area contributed by atoms with E-state index in [0.29, 0.717) is 18.4 Å². The van der Waals surface area contributed by atoms with Gasteiger partial charge in [-0.15, -0.1) is 0 Å². The van der Waals surface area contributed by atoms with Crippen LogP contribution in [0.4, 0.5) is 0 Å². The number of ether oxygens (including phenoxy) is 3. The van der Waals surface area contributed by atoms with Crippen molar-refractivity contribution in [2.45, 2.75) is 121 Å². The summed E-state index contributed by atoms with van der Waals surface area (Å²) in [6, 6.07) is 0. The number of hydrogen-bond donors (Lipinski definition) is 4. The van der Waals surface area contributed by atoms with Crippen molar-refractivity contribution in [2.24, 2.45) is 34.5 Å². The first kappa shape index (κ1) is 26.2. The van der Waals surface area contributed by atoms with E-state index in [-0.39, 0.29) is 34.7 Å². The third-order valence-corrected chi connectivity index (χ3v) is 12.1. The van der Waals surface area contributed by atoms with Crippen LogP contribution in [0.3, 0.4) is 0 Å². The van der Waals surface area contributed by atoms with E-state index in [1.807, 2.05) is 0 Å². The highest BCUT2D eigenvalue weighted by atomic mass is 16.7. The average Bonchev–Trinajstić information content (AvgIpc) is 3.41. The van der Waals surface area contributed by atoms with Gasteiger partial charge >= 0.3 is 5.97 Å². The summed E-state index contributed by atoms with van der Waals surface area (Å²) in [5.41, 5.74) is 0.243. The quantitative estimate of drug-likeness (QED) is 0.330. The van der Waals surface area contributed by atoms with Crippen molar-refractivity contribution in [3.8, 4) is 0 Å². The van der Waals surface area contributed by atoms with Crippen molar-refractivity contribution in [3.63, 3.8) is 0 Å². The molecule has 8 heteroatoms. The molecule has 6 rings (SSSR count). The number of aliphatic hydroxyl groups excluding tert-OH is 3. The number of carbonyl (C=O) groups is 1. The van der Waals surface area contributed by atoms with Crippen LogP contribution in [-0.2, 0) is 19.0 Å². The Labute approximate surface area is 219 Å². The number of fused-ring (bicyclic) bond motifs is 5. The minimum absolute atomic E-state index is 0.0661. The Bertz CT molecular complexity index is 952. The molecule has 2 aliphatic heterocycles. The molecule has 0 amide bonds. The first-order valence-electron chi connectivity index (χ1n) is 14.4. The maximum absolute atomic E-state index is 12.4. The number of carbonyl (C=O) groups excluding carboxylic acids is 1. The molecule has 5 fully saturated rings. The minimum atomic E-state index is -1.28. The SMILES string of the molecule is C[C@H]1O[C@H](O[C@H]2CC[C@@]3(C)[C@H](CC[C@@H]4[C@@H]3CC[C@]3(C)[C@@H](C5=CC(=O)OC5)CC[C@]43O)C2)[C@H](O)[C@@H](O)[C@H]1O. The van der Waals surface area contributed by atoms with Gasteiger partial charge in [-0.25, -0.2) is 4.79 Å². The Kier molecular flexibility index (Phi) is 6.37. The minimum Gasteiger partial charge on any atom is -0.458 e. The number of hydrogen-bond acceptors (Lipinski definition) is 8. The molecule has 6 aliphatic rings. The monoisotopic (exact) mass is 520 g/mol. The topological polar surface area (TPSA) is 126 Å². The molecule has 0 aromatic rings. The lowest BCUT2D eigenvalue weighted by molar-refractivity contribution is -0.310. The molecule has 8 nitrogen and oxygen atoms in total. The van der Waals surface area contributed by atoms with Crippen LogP contribution in [0.25, 0.3) is 0 Å². The lowest BCUT2D eigenvalue weighted by Crippen LogP contribution is -2.62. The van der Waals surface area contributed by atoms with E-state index < -0.39 is 36.3 Å². The van der Waals surface area contributed by atoms with E-state index >= 15 is 0 Å². The number of esters is 1. The molecule has 37 heavy (non-hydrogen) atoms. The van der Waals surface area contributed by atoms with E-state index in [1.54, 1.807) is 13.0 Å². The van der Waals surface area contributed by atoms with Crippen LogP contribution in [0.5, 0.6) is 0 Å². The number of cyclic esters (lactones) is 1. The molecule has 0 radical (unpaired) electrons.